The fraction of sp³-hybridized carbons (Fsp3) is 0.400. The number of hydrogen-bond donors (Lipinski definition) is 1. The molecule has 0 fully saturated rings. The van der Waals surface area contributed by atoms with Crippen LogP contribution in [0.15, 0.2) is 48.5 Å². The highest BCUT2D eigenvalue weighted by Gasteiger charge is 2.20. The number of rotatable bonds is 6. The van der Waals surface area contributed by atoms with Crippen LogP contribution in [0.3, 0.4) is 0 Å². The van der Waals surface area contributed by atoms with Gasteiger partial charge in [0.05, 0.1) is 0 Å². The van der Waals surface area contributed by atoms with E-state index >= 15 is 0 Å². The molecule has 0 amide bonds. The van der Waals surface area contributed by atoms with Crippen LogP contribution in [-0.4, -0.2) is 30.9 Å². The molecule has 0 bridgehead atoms. The van der Waals surface area contributed by atoms with Crippen molar-refractivity contribution in [3.05, 3.63) is 59.7 Å². The van der Waals surface area contributed by atoms with Crippen molar-refractivity contribution in [1.82, 2.24) is 0 Å². The zero-order chi connectivity index (χ0) is 16.2. The summed E-state index contributed by atoms with van der Waals surface area (Å²) in [7, 11) is 0. The summed E-state index contributed by atoms with van der Waals surface area (Å²) in [5, 5.41) is 10.3. The highest BCUT2D eigenvalue weighted by molar-refractivity contribution is 5.57. The van der Waals surface area contributed by atoms with Crippen molar-refractivity contribution >= 4 is 5.69 Å². The van der Waals surface area contributed by atoms with Crippen LogP contribution in [0.1, 0.15) is 30.9 Å². The Hall–Kier alpha value is -2.00. The maximum absolute atomic E-state index is 10.3. The molecule has 0 saturated heterocycles. The number of hydrogen-bond acceptors (Lipinski definition) is 3. The third-order valence-corrected chi connectivity index (χ3v) is 4.40. The standard InChI is InChI=1S/C20H25NO2/c1-15(2)16-7-9-19(10-8-16)23-14-18(22)13-21-12-11-17-5-3-4-6-20(17)21/h3-10,15,18,22H,11-14H2,1-2H3. The summed E-state index contributed by atoms with van der Waals surface area (Å²) in [6.07, 6.45) is 0.561. The zero-order valence-corrected chi connectivity index (χ0v) is 13.9. The largest absolute Gasteiger partial charge is 0.491 e. The third kappa shape index (κ3) is 3.85. The van der Waals surface area contributed by atoms with Gasteiger partial charge in [0.2, 0.25) is 0 Å². The highest BCUT2D eigenvalue weighted by atomic mass is 16.5. The molecule has 0 saturated carbocycles. The molecule has 23 heavy (non-hydrogen) atoms. The highest BCUT2D eigenvalue weighted by Crippen LogP contribution is 2.27. The summed E-state index contributed by atoms with van der Waals surface area (Å²) in [6.45, 7) is 6.25. The molecule has 1 unspecified atom stereocenters. The van der Waals surface area contributed by atoms with Gasteiger partial charge < -0.3 is 14.7 Å². The Morgan fingerprint density at radius 3 is 2.57 bits per heavy atom. The molecule has 3 nitrogen and oxygen atoms in total. The molecule has 1 atom stereocenters. The molecule has 2 aromatic carbocycles. The van der Waals surface area contributed by atoms with Gasteiger partial charge in [-0.25, -0.2) is 0 Å². The van der Waals surface area contributed by atoms with Crippen molar-refractivity contribution in [2.45, 2.75) is 32.3 Å². The normalized spacial score (nSPS) is 14.9. The molecule has 1 aliphatic rings. The second-order valence-electron chi connectivity index (χ2n) is 6.51. The van der Waals surface area contributed by atoms with Crippen molar-refractivity contribution in [2.75, 3.05) is 24.6 Å². The maximum Gasteiger partial charge on any atom is 0.119 e. The van der Waals surface area contributed by atoms with E-state index in [1.807, 2.05) is 12.1 Å². The van der Waals surface area contributed by atoms with E-state index in [0.717, 1.165) is 18.7 Å². The van der Waals surface area contributed by atoms with E-state index in [2.05, 4.69) is 55.1 Å². The summed E-state index contributed by atoms with van der Waals surface area (Å²) in [5.74, 6) is 1.33. The first kappa shape index (κ1) is 15.9. The van der Waals surface area contributed by atoms with Crippen LogP contribution in [0, 0.1) is 0 Å². The number of para-hydroxylation sites is 1. The molecule has 3 heteroatoms. The molecule has 0 spiro atoms. The van der Waals surface area contributed by atoms with Gasteiger partial charge in [-0.15, -0.1) is 0 Å². The first-order chi connectivity index (χ1) is 11.1. The topological polar surface area (TPSA) is 32.7 Å². The number of β-amino-alcohol motifs (C(OH)–C–C–N with tert-alkyl or cyclic N) is 1. The Morgan fingerprint density at radius 2 is 1.83 bits per heavy atom. The number of ether oxygens (including phenoxy) is 1. The number of aliphatic hydroxyl groups excluding tert-OH is 1. The van der Waals surface area contributed by atoms with Gasteiger partial charge in [-0.3, -0.25) is 0 Å². The van der Waals surface area contributed by atoms with Crippen LogP contribution in [0.4, 0.5) is 5.69 Å². The molecule has 0 aliphatic carbocycles. The minimum Gasteiger partial charge on any atom is -0.491 e. The molecule has 1 heterocycles. The average Bonchev–Trinajstić information content (AvgIpc) is 2.96. The summed E-state index contributed by atoms with van der Waals surface area (Å²) >= 11 is 0. The Kier molecular flexibility index (Phi) is 4.87. The summed E-state index contributed by atoms with van der Waals surface area (Å²) in [4.78, 5) is 2.24. The molecule has 0 radical (unpaired) electrons. The molecular formula is C20H25NO2. The van der Waals surface area contributed by atoms with E-state index in [0.29, 0.717) is 19.1 Å². The average molecular weight is 311 g/mol. The predicted octanol–water partition coefficient (Wildman–Crippen LogP) is 3.61. The maximum atomic E-state index is 10.3. The number of anilines is 1. The van der Waals surface area contributed by atoms with E-state index in [9.17, 15) is 5.11 Å². The van der Waals surface area contributed by atoms with E-state index in [1.54, 1.807) is 0 Å². The SMILES string of the molecule is CC(C)c1ccc(OCC(O)CN2CCc3ccccc32)cc1. The summed E-state index contributed by atoms with van der Waals surface area (Å²) in [6, 6.07) is 16.5. The number of fused-ring (bicyclic) bond motifs is 1. The molecule has 122 valence electrons. The second kappa shape index (κ2) is 7.05. The lowest BCUT2D eigenvalue weighted by atomic mass is 10.0. The number of benzene rings is 2. The minimum absolute atomic E-state index is 0.319. The number of aliphatic hydroxyl groups is 1. The van der Waals surface area contributed by atoms with Gasteiger partial charge in [0.15, 0.2) is 0 Å². The Labute approximate surface area is 138 Å². The molecule has 0 aromatic heterocycles. The first-order valence-corrected chi connectivity index (χ1v) is 8.37. The van der Waals surface area contributed by atoms with Crippen molar-refractivity contribution in [1.29, 1.82) is 0 Å². The first-order valence-electron chi connectivity index (χ1n) is 8.37. The van der Waals surface area contributed by atoms with Gasteiger partial charge in [0, 0.05) is 18.8 Å². The predicted molar refractivity (Wildman–Crippen MR) is 94.4 cm³/mol. The van der Waals surface area contributed by atoms with Crippen molar-refractivity contribution in [3.8, 4) is 5.75 Å². The van der Waals surface area contributed by atoms with Crippen LogP contribution in [0.5, 0.6) is 5.75 Å². The lowest BCUT2D eigenvalue weighted by Gasteiger charge is -2.23. The van der Waals surface area contributed by atoms with Crippen molar-refractivity contribution < 1.29 is 9.84 Å². The molecule has 1 aliphatic heterocycles. The lowest BCUT2D eigenvalue weighted by molar-refractivity contribution is 0.112. The van der Waals surface area contributed by atoms with Gasteiger partial charge >= 0.3 is 0 Å². The molecule has 3 rings (SSSR count). The van der Waals surface area contributed by atoms with E-state index in [4.69, 9.17) is 4.74 Å². The quantitative estimate of drug-likeness (QED) is 0.884. The Bertz CT molecular complexity index is 636. The van der Waals surface area contributed by atoms with Crippen molar-refractivity contribution in [3.63, 3.8) is 0 Å². The number of nitrogens with zero attached hydrogens (tertiary/aromatic N) is 1. The van der Waals surface area contributed by atoms with Crippen LogP contribution >= 0.6 is 0 Å². The van der Waals surface area contributed by atoms with Crippen LogP contribution in [0.2, 0.25) is 0 Å². The van der Waals surface area contributed by atoms with Gasteiger partial charge in [-0.2, -0.15) is 0 Å². The second-order valence-corrected chi connectivity index (χ2v) is 6.51. The van der Waals surface area contributed by atoms with Crippen LogP contribution < -0.4 is 9.64 Å². The smallest absolute Gasteiger partial charge is 0.119 e. The Balaban J connectivity index is 1.51. The van der Waals surface area contributed by atoms with Gasteiger partial charge in [-0.1, -0.05) is 44.2 Å². The van der Waals surface area contributed by atoms with Crippen LogP contribution in [-0.2, 0) is 6.42 Å². The Morgan fingerprint density at radius 1 is 1.09 bits per heavy atom. The molecular weight excluding hydrogens is 286 g/mol. The van der Waals surface area contributed by atoms with Crippen molar-refractivity contribution in [2.24, 2.45) is 0 Å². The van der Waals surface area contributed by atoms with Gasteiger partial charge in [0.25, 0.3) is 0 Å². The summed E-state index contributed by atoms with van der Waals surface area (Å²) < 4.78 is 5.72. The van der Waals surface area contributed by atoms with E-state index in [1.165, 1.54) is 16.8 Å². The zero-order valence-electron chi connectivity index (χ0n) is 13.9. The minimum atomic E-state index is -0.495. The monoisotopic (exact) mass is 311 g/mol. The van der Waals surface area contributed by atoms with E-state index in [-0.39, 0.29) is 0 Å². The van der Waals surface area contributed by atoms with Gasteiger partial charge in [0.1, 0.15) is 18.5 Å². The molecule has 2 aromatic rings. The summed E-state index contributed by atoms with van der Waals surface area (Å²) in [5.41, 5.74) is 3.91. The lowest BCUT2D eigenvalue weighted by Crippen LogP contribution is -2.34. The fourth-order valence-electron chi connectivity index (χ4n) is 3.04. The molecule has 1 N–H and O–H groups in total. The van der Waals surface area contributed by atoms with Crippen LogP contribution in [0.25, 0.3) is 0 Å². The van der Waals surface area contributed by atoms with Gasteiger partial charge in [-0.05, 0) is 41.7 Å². The fourth-order valence-corrected chi connectivity index (χ4v) is 3.04. The van der Waals surface area contributed by atoms with E-state index < -0.39 is 6.10 Å². The third-order valence-electron chi connectivity index (χ3n) is 4.40.